The second kappa shape index (κ2) is 7.51. The number of hydrogen-bond donors (Lipinski definition) is 1. The van der Waals surface area contributed by atoms with Crippen molar-refractivity contribution >= 4 is 49.6 Å². The summed E-state index contributed by atoms with van der Waals surface area (Å²) in [5.41, 5.74) is 0.654. The van der Waals surface area contributed by atoms with Crippen LogP contribution in [0.3, 0.4) is 0 Å². The molecule has 0 aliphatic carbocycles. The maximum Gasteiger partial charge on any atom is 0.416 e. The van der Waals surface area contributed by atoms with Gasteiger partial charge in [-0.05, 0) is 30.3 Å². The second-order valence-electron chi connectivity index (χ2n) is 5.93. The molecular formula is C17H12Cl2F3N3O3S. The van der Waals surface area contributed by atoms with E-state index in [2.05, 4.69) is 10.4 Å². The molecule has 1 heterocycles. The SMILES string of the molecule is CCS(=O)(=O)c1cc(Cl)c(Cl)cc1Nn1cnc2ccc(C(F)(F)F)cc2c1=O. The number of nitrogens with one attached hydrogen (secondary N) is 1. The quantitative estimate of drug-likeness (QED) is 0.617. The average Bonchev–Trinajstić information content (AvgIpc) is 2.65. The Balaban J connectivity index is 2.18. The molecule has 0 saturated heterocycles. The van der Waals surface area contributed by atoms with Crippen molar-refractivity contribution in [2.45, 2.75) is 18.0 Å². The van der Waals surface area contributed by atoms with E-state index in [0.29, 0.717) is 6.07 Å². The summed E-state index contributed by atoms with van der Waals surface area (Å²) in [6, 6.07) is 4.91. The molecule has 3 rings (SSSR count). The van der Waals surface area contributed by atoms with E-state index in [4.69, 9.17) is 23.2 Å². The van der Waals surface area contributed by atoms with Crippen molar-refractivity contribution in [2.75, 3.05) is 11.2 Å². The number of fused-ring (bicyclic) bond motifs is 1. The van der Waals surface area contributed by atoms with Crippen LogP contribution in [0.2, 0.25) is 10.0 Å². The minimum Gasteiger partial charge on any atom is -0.289 e. The van der Waals surface area contributed by atoms with Gasteiger partial charge in [0.1, 0.15) is 6.33 Å². The lowest BCUT2D eigenvalue weighted by Gasteiger charge is -2.15. The molecule has 12 heteroatoms. The van der Waals surface area contributed by atoms with Crippen molar-refractivity contribution < 1.29 is 21.6 Å². The zero-order valence-corrected chi connectivity index (χ0v) is 16.9. The Kier molecular flexibility index (Phi) is 5.54. The molecule has 3 aromatic rings. The summed E-state index contributed by atoms with van der Waals surface area (Å²) < 4.78 is 64.4. The van der Waals surface area contributed by atoms with Crippen LogP contribution in [0, 0.1) is 0 Å². The molecule has 0 unspecified atom stereocenters. The van der Waals surface area contributed by atoms with E-state index in [0.717, 1.165) is 29.2 Å². The smallest absolute Gasteiger partial charge is 0.289 e. The number of alkyl halides is 3. The van der Waals surface area contributed by atoms with Crippen LogP contribution in [0.15, 0.2) is 46.3 Å². The summed E-state index contributed by atoms with van der Waals surface area (Å²) in [6.07, 6.45) is -3.61. The molecule has 0 saturated carbocycles. The maximum absolute atomic E-state index is 13.0. The summed E-state index contributed by atoms with van der Waals surface area (Å²) >= 11 is 11.9. The number of anilines is 1. The van der Waals surface area contributed by atoms with Crippen LogP contribution < -0.4 is 11.0 Å². The molecule has 0 bridgehead atoms. The number of aromatic nitrogens is 2. The summed E-state index contributed by atoms with van der Waals surface area (Å²) in [4.78, 5) is 16.4. The molecule has 0 radical (unpaired) electrons. The molecule has 1 aromatic heterocycles. The first-order valence-corrected chi connectivity index (χ1v) is 10.4. The van der Waals surface area contributed by atoms with Crippen LogP contribution >= 0.6 is 23.2 Å². The van der Waals surface area contributed by atoms with Gasteiger partial charge in [-0.1, -0.05) is 30.1 Å². The first-order chi connectivity index (χ1) is 13.4. The highest BCUT2D eigenvalue weighted by atomic mass is 35.5. The van der Waals surface area contributed by atoms with Crippen LogP contribution in [0.25, 0.3) is 10.9 Å². The number of benzene rings is 2. The van der Waals surface area contributed by atoms with Gasteiger partial charge in [0.25, 0.3) is 5.56 Å². The topological polar surface area (TPSA) is 81.1 Å². The lowest BCUT2D eigenvalue weighted by atomic mass is 10.1. The van der Waals surface area contributed by atoms with Crippen molar-refractivity contribution in [3.05, 3.63) is 62.6 Å². The fourth-order valence-corrected chi connectivity index (χ4v) is 3.98. The molecule has 154 valence electrons. The lowest BCUT2D eigenvalue weighted by molar-refractivity contribution is -0.137. The molecule has 1 N–H and O–H groups in total. The van der Waals surface area contributed by atoms with Crippen LogP contribution in [-0.4, -0.2) is 23.8 Å². The molecule has 0 aliphatic heterocycles. The molecule has 0 aliphatic rings. The van der Waals surface area contributed by atoms with E-state index in [1.807, 2.05) is 0 Å². The van der Waals surface area contributed by atoms with Crippen molar-refractivity contribution in [3.8, 4) is 0 Å². The third-order valence-corrected chi connectivity index (χ3v) is 6.55. The van der Waals surface area contributed by atoms with Gasteiger partial charge in [0.15, 0.2) is 9.84 Å². The van der Waals surface area contributed by atoms with E-state index in [1.165, 1.54) is 13.0 Å². The van der Waals surface area contributed by atoms with E-state index in [-0.39, 0.29) is 37.3 Å². The maximum atomic E-state index is 13.0. The largest absolute Gasteiger partial charge is 0.416 e. The van der Waals surface area contributed by atoms with Gasteiger partial charge in [-0.25, -0.2) is 18.1 Å². The minimum atomic E-state index is -4.64. The highest BCUT2D eigenvalue weighted by molar-refractivity contribution is 7.91. The van der Waals surface area contributed by atoms with Crippen LogP contribution in [0.5, 0.6) is 0 Å². The molecule has 6 nitrogen and oxygen atoms in total. The Morgan fingerprint density at radius 3 is 2.41 bits per heavy atom. The van der Waals surface area contributed by atoms with E-state index >= 15 is 0 Å². The molecule has 0 amide bonds. The number of rotatable bonds is 4. The summed E-state index contributed by atoms with van der Waals surface area (Å²) in [5, 5.41) is -0.289. The minimum absolute atomic E-state index is 0.0111. The number of nitrogens with zero attached hydrogens (tertiary/aromatic N) is 2. The fraction of sp³-hybridized carbons (Fsp3) is 0.176. The van der Waals surface area contributed by atoms with Crippen molar-refractivity contribution in [1.82, 2.24) is 9.66 Å². The molecule has 2 aromatic carbocycles. The molecular weight excluding hydrogens is 454 g/mol. The monoisotopic (exact) mass is 465 g/mol. The van der Waals surface area contributed by atoms with Gasteiger partial charge >= 0.3 is 6.18 Å². The van der Waals surface area contributed by atoms with Crippen molar-refractivity contribution in [2.24, 2.45) is 0 Å². The highest BCUT2D eigenvalue weighted by Gasteiger charge is 2.31. The Bertz CT molecular complexity index is 1270. The predicted molar refractivity (Wildman–Crippen MR) is 104 cm³/mol. The number of sulfone groups is 1. The molecule has 0 atom stereocenters. The van der Waals surface area contributed by atoms with Gasteiger partial charge in [-0.2, -0.15) is 13.2 Å². The van der Waals surface area contributed by atoms with Crippen molar-refractivity contribution in [1.29, 1.82) is 0 Å². The van der Waals surface area contributed by atoms with Gasteiger partial charge < -0.3 is 0 Å². The average molecular weight is 466 g/mol. The number of halogens is 5. The summed E-state index contributed by atoms with van der Waals surface area (Å²) in [7, 11) is -3.76. The van der Waals surface area contributed by atoms with E-state index in [1.54, 1.807) is 0 Å². The van der Waals surface area contributed by atoms with Gasteiger partial charge in [0, 0.05) is 0 Å². The first kappa shape index (κ1) is 21.4. The summed E-state index contributed by atoms with van der Waals surface area (Å²) in [6.45, 7) is 1.42. The Hall–Kier alpha value is -2.30. The zero-order valence-electron chi connectivity index (χ0n) is 14.6. The molecule has 29 heavy (non-hydrogen) atoms. The molecule has 0 spiro atoms. The van der Waals surface area contributed by atoms with E-state index in [9.17, 15) is 26.4 Å². The lowest BCUT2D eigenvalue weighted by Crippen LogP contribution is -2.27. The van der Waals surface area contributed by atoms with Crippen LogP contribution in [0.1, 0.15) is 12.5 Å². The Labute approximate surface area is 172 Å². The zero-order chi connectivity index (χ0) is 21.6. The highest BCUT2D eigenvalue weighted by Crippen LogP contribution is 2.33. The third kappa shape index (κ3) is 4.19. The fourth-order valence-electron chi connectivity index (χ4n) is 2.54. The van der Waals surface area contributed by atoms with Crippen LogP contribution in [-0.2, 0) is 16.0 Å². The number of hydrogen-bond acceptors (Lipinski definition) is 5. The third-order valence-electron chi connectivity index (χ3n) is 4.06. The van der Waals surface area contributed by atoms with Crippen LogP contribution in [0.4, 0.5) is 18.9 Å². The Morgan fingerprint density at radius 2 is 1.79 bits per heavy atom. The first-order valence-electron chi connectivity index (χ1n) is 8.01. The Morgan fingerprint density at radius 1 is 1.14 bits per heavy atom. The summed E-state index contributed by atoms with van der Waals surface area (Å²) in [5.74, 6) is -0.251. The van der Waals surface area contributed by atoms with Gasteiger partial charge in [-0.3, -0.25) is 10.2 Å². The predicted octanol–water partition coefficient (Wildman–Crippen LogP) is 4.39. The standard InChI is InChI=1S/C17H12Cl2F3N3O3S/c1-2-29(27,28)15-7-12(19)11(18)6-14(15)24-25-8-23-13-4-3-9(17(20,21)22)5-10(13)16(25)26/h3-8,24H,2H2,1H3. The second-order valence-corrected chi connectivity index (χ2v) is 8.99. The molecule has 0 fully saturated rings. The van der Waals surface area contributed by atoms with Gasteiger partial charge in [0.2, 0.25) is 0 Å². The van der Waals surface area contributed by atoms with E-state index < -0.39 is 27.1 Å². The normalized spacial score (nSPS) is 12.3. The van der Waals surface area contributed by atoms with Crippen molar-refractivity contribution in [3.63, 3.8) is 0 Å². The van der Waals surface area contributed by atoms with Gasteiger partial charge in [0.05, 0.1) is 42.8 Å². The van der Waals surface area contributed by atoms with Gasteiger partial charge in [-0.15, -0.1) is 0 Å².